The van der Waals surface area contributed by atoms with Crippen LogP contribution in [-0.2, 0) is 11.2 Å². The molecule has 3 nitrogen and oxygen atoms in total. The van der Waals surface area contributed by atoms with Gasteiger partial charge in [-0.05, 0) is 36.0 Å². The molecular weight excluding hydrogens is 257 g/mol. The van der Waals surface area contributed by atoms with Gasteiger partial charge in [0.05, 0.1) is 6.61 Å². The van der Waals surface area contributed by atoms with Gasteiger partial charge in [-0.15, -0.1) is 0 Å². The summed E-state index contributed by atoms with van der Waals surface area (Å²) in [6.07, 6.45) is 3.76. The minimum Gasteiger partial charge on any atom is -0.493 e. The molecule has 0 bridgehead atoms. The lowest BCUT2D eigenvalue weighted by Gasteiger charge is -2.17. The lowest BCUT2D eigenvalue weighted by molar-refractivity contribution is -0.127. The summed E-state index contributed by atoms with van der Waals surface area (Å²) >= 11 is 0. The van der Waals surface area contributed by atoms with Crippen LogP contribution in [0, 0.1) is 11.7 Å². The SMILES string of the molecule is O=C1C[C@H](c2cc3c(cc2F)OCC3)CN1CC1CC1. The first-order valence-corrected chi connectivity index (χ1v) is 7.43. The van der Waals surface area contributed by atoms with E-state index in [0.29, 0.717) is 36.8 Å². The van der Waals surface area contributed by atoms with Crippen molar-refractivity contribution in [3.63, 3.8) is 0 Å². The quantitative estimate of drug-likeness (QED) is 0.848. The first-order valence-electron chi connectivity index (χ1n) is 7.43. The second-order valence-electron chi connectivity index (χ2n) is 6.22. The van der Waals surface area contributed by atoms with Crippen molar-refractivity contribution in [2.75, 3.05) is 19.7 Å². The van der Waals surface area contributed by atoms with Crippen LogP contribution in [0.15, 0.2) is 12.1 Å². The van der Waals surface area contributed by atoms with Gasteiger partial charge in [0.1, 0.15) is 11.6 Å². The molecular formula is C16H18FNO2. The molecule has 3 aliphatic rings. The van der Waals surface area contributed by atoms with E-state index in [1.807, 2.05) is 11.0 Å². The molecule has 2 heterocycles. The van der Waals surface area contributed by atoms with E-state index < -0.39 is 0 Å². The van der Waals surface area contributed by atoms with Crippen molar-refractivity contribution in [1.29, 1.82) is 0 Å². The molecule has 1 aromatic carbocycles. The maximum Gasteiger partial charge on any atom is 0.223 e. The van der Waals surface area contributed by atoms with Crippen LogP contribution < -0.4 is 4.74 Å². The van der Waals surface area contributed by atoms with E-state index in [4.69, 9.17) is 4.74 Å². The third-order valence-electron chi connectivity index (χ3n) is 4.64. The van der Waals surface area contributed by atoms with E-state index in [9.17, 15) is 9.18 Å². The Morgan fingerprint density at radius 3 is 3.00 bits per heavy atom. The number of nitrogens with zero attached hydrogens (tertiary/aromatic N) is 1. The molecule has 1 aliphatic carbocycles. The number of fused-ring (bicyclic) bond motifs is 1. The normalized spacial score (nSPS) is 24.9. The van der Waals surface area contributed by atoms with Gasteiger partial charge in [-0.2, -0.15) is 0 Å². The second kappa shape index (κ2) is 4.47. The largest absolute Gasteiger partial charge is 0.493 e. The number of halogens is 1. The molecule has 0 spiro atoms. The van der Waals surface area contributed by atoms with Crippen LogP contribution in [0.3, 0.4) is 0 Å². The minimum absolute atomic E-state index is 0.00662. The highest BCUT2D eigenvalue weighted by molar-refractivity contribution is 5.80. The zero-order chi connectivity index (χ0) is 13.7. The van der Waals surface area contributed by atoms with Crippen molar-refractivity contribution in [3.8, 4) is 5.75 Å². The Balaban J connectivity index is 1.57. The van der Waals surface area contributed by atoms with Crippen LogP contribution in [0.1, 0.15) is 36.3 Å². The number of ether oxygens (including phenoxy) is 1. The highest BCUT2D eigenvalue weighted by atomic mass is 19.1. The van der Waals surface area contributed by atoms with Crippen molar-refractivity contribution in [2.45, 2.75) is 31.6 Å². The van der Waals surface area contributed by atoms with Gasteiger partial charge in [0.25, 0.3) is 0 Å². The third kappa shape index (κ3) is 2.07. The predicted octanol–water partition coefficient (Wildman–Crippen LogP) is 2.49. The fraction of sp³-hybridized carbons (Fsp3) is 0.562. The van der Waals surface area contributed by atoms with E-state index in [-0.39, 0.29) is 17.6 Å². The van der Waals surface area contributed by atoms with Crippen molar-refractivity contribution in [2.24, 2.45) is 5.92 Å². The molecule has 0 radical (unpaired) electrons. The predicted molar refractivity (Wildman–Crippen MR) is 72.3 cm³/mol. The maximum absolute atomic E-state index is 14.2. The highest BCUT2D eigenvalue weighted by Gasteiger charge is 2.36. The molecule has 0 aromatic heterocycles. The second-order valence-corrected chi connectivity index (χ2v) is 6.22. The number of hydrogen-bond donors (Lipinski definition) is 0. The van der Waals surface area contributed by atoms with Gasteiger partial charge in [-0.1, -0.05) is 0 Å². The Bertz CT molecular complexity index is 568. The Hall–Kier alpha value is -1.58. The number of likely N-dealkylation sites (tertiary alicyclic amines) is 1. The van der Waals surface area contributed by atoms with Crippen molar-refractivity contribution in [3.05, 3.63) is 29.1 Å². The van der Waals surface area contributed by atoms with Crippen LogP contribution >= 0.6 is 0 Å². The smallest absolute Gasteiger partial charge is 0.223 e. The standard InChI is InChI=1S/C16H18FNO2/c17-14-7-15-11(3-4-20-15)5-13(14)12-6-16(19)18(9-12)8-10-1-2-10/h5,7,10,12H,1-4,6,8-9H2/t12-/m0/s1. The zero-order valence-corrected chi connectivity index (χ0v) is 11.4. The van der Waals surface area contributed by atoms with Gasteiger partial charge < -0.3 is 9.64 Å². The molecule has 106 valence electrons. The fourth-order valence-corrected chi connectivity index (χ4v) is 3.30. The minimum atomic E-state index is -0.225. The topological polar surface area (TPSA) is 29.5 Å². The number of carbonyl (C=O) groups excluding carboxylic acids is 1. The third-order valence-corrected chi connectivity index (χ3v) is 4.64. The molecule has 4 rings (SSSR count). The zero-order valence-electron chi connectivity index (χ0n) is 11.4. The van der Waals surface area contributed by atoms with Crippen molar-refractivity contribution < 1.29 is 13.9 Å². The summed E-state index contributed by atoms with van der Waals surface area (Å²) in [6.45, 7) is 2.17. The average molecular weight is 275 g/mol. The number of benzene rings is 1. The molecule has 1 aromatic rings. The number of carbonyl (C=O) groups is 1. The Morgan fingerprint density at radius 1 is 1.35 bits per heavy atom. The summed E-state index contributed by atoms with van der Waals surface area (Å²) in [7, 11) is 0. The van der Waals surface area contributed by atoms with Gasteiger partial charge in [0.15, 0.2) is 0 Å². The summed E-state index contributed by atoms with van der Waals surface area (Å²) in [5.74, 6) is 1.32. The van der Waals surface area contributed by atoms with Crippen LogP contribution in [0.2, 0.25) is 0 Å². The molecule has 2 fully saturated rings. The van der Waals surface area contributed by atoms with E-state index in [0.717, 1.165) is 18.5 Å². The molecule has 2 aliphatic heterocycles. The number of rotatable bonds is 3. The van der Waals surface area contributed by atoms with Crippen LogP contribution in [0.4, 0.5) is 4.39 Å². The lowest BCUT2D eigenvalue weighted by atomic mass is 9.95. The van der Waals surface area contributed by atoms with Gasteiger partial charge in [-0.3, -0.25) is 4.79 Å². The summed E-state index contributed by atoms with van der Waals surface area (Å²) in [5.41, 5.74) is 1.77. The van der Waals surface area contributed by atoms with Crippen LogP contribution in [0.5, 0.6) is 5.75 Å². The molecule has 20 heavy (non-hydrogen) atoms. The molecule has 1 atom stereocenters. The van der Waals surface area contributed by atoms with Gasteiger partial charge >= 0.3 is 0 Å². The van der Waals surface area contributed by atoms with Crippen LogP contribution in [0.25, 0.3) is 0 Å². The van der Waals surface area contributed by atoms with Crippen molar-refractivity contribution in [1.82, 2.24) is 4.90 Å². The van der Waals surface area contributed by atoms with Crippen LogP contribution in [-0.4, -0.2) is 30.5 Å². The fourth-order valence-electron chi connectivity index (χ4n) is 3.30. The monoisotopic (exact) mass is 275 g/mol. The summed E-state index contributed by atoms with van der Waals surface area (Å²) in [5, 5.41) is 0. The first kappa shape index (κ1) is 12.2. The van der Waals surface area contributed by atoms with E-state index in [2.05, 4.69) is 0 Å². The first-order chi connectivity index (χ1) is 9.70. The summed E-state index contributed by atoms with van der Waals surface area (Å²) in [4.78, 5) is 14.0. The lowest BCUT2D eigenvalue weighted by Crippen LogP contribution is -2.27. The highest BCUT2D eigenvalue weighted by Crippen LogP contribution is 2.37. The van der Waals surface area contributed by atoms with E-state index in [1.165, 1.54) is 18.9 Å². The Labute approximate surface area is 117 Å². The van der Waals surface area contributed by atoms with Gasteiger partial charge in [-0.25, -0.2) is 4.39 Å². The molecule has 1 amide bonds. The van der Waals surface area contributed by atoms with E-state index in [1.54, 1.807) is 0 Å². The van der Waals surface area contributed by atoms with Gasteiger partial charge in [0.2, 0.25) is 5.91 Å². The summed E-state index contributed by atoms with van der Waals surface area (Å²) < 4.78 is 19.6. The summed E-state index contributed by atoms with van der Waals surface area (Å²) in [6, 6.07) is 3.40. The average Bonchev–Trinajstić information content (AvgIpc) is 2.99. The molecule has 1 saturated heterocycles. The Morgan fingerprint density at radius 2 is 2.20 bits per heavy atom. The number of amides is 1. The molecule has 0 unspecified atom stereocenters. The van der Waals surface area contributed by atoms with Crippen molar-refractivity contribution >= 4 is 5.91 Å². The molecule has 1 saturated carbocycles. The van der Waals surface area contributed by atoms with Gasteiger partial charge in [0, 0.05) is 37.9 Å². The molecule has 4 heteroatoms. The number of hydrogen-bond acceptors (Lipinski definition) is 2. The maximum atomic E-state index is 14.2. The Kier molecular flexibility index (Phi) is 2.72. The molecule has 0 N–H and O–H groups in total. The van der Waals surface area contributed by atoms with E-state index >= 15 is 0 Å².